The van der Waals surface area contributed by atoms with E-state index in [-0.39, 0.29) is 12.4 Å². The van der Waals surface area contributed by atoms with Gasteiger partial charge in [-0.1, -0.05) is 23.7 Å². The maximum absolute atomic E-state index is 5.81. The summed E-state index contributed by atoms with van der Waals surface area (Å²) in [5.74, 6) is 5.71. The van der Waals surface area contributed by atoms with Gasteiger partial charge in [-0.3, -0.25) is 0 Å². The number of para-hydroxylation sites is 1. The van der Waals surface area contributed by atoms with Crippen molar-refractivity contribution >= 4 is 17.4 Å². The summed E-state index contributed by atoms with van der Waals surface area (Å²) in [5, 5.41) is 3.79. The second-order valence-electron chi connectivity index (χ2n) is 2.34. The average molecular weight is 200 g/mol. The summed E-state index contributed by atoms with van der Waals surface area (Å²) < 4.78 is 5.22. The van der Waals surface area contributed by atoms with Gasteiger partial charge in [0, 0.05) is 0 Å². The summed E-state index contributed by atoms with van der Waals surface area (Å²) in [6.45, 7) is 0.139. The zero-order valence-corrected chi connectivity index (χ0v) is 7.66. The van der Waals surface area contributed by atoms with Crippen LogP contribution in [0.25, 0.3) is 0 Å². The molecule has 70 valence electrons. The molecule has 4 nitrogen and oxygen atoms in total. The average Bonchev–Trinajstić information content (AvgIpc) is 2.16. The Kier molecular flexibility index (Phi) is 3.40. The molecule has 0 saturated carbocycles. The predicted molar refractivity (Wildman–Crippen MR) is 52.8 cm³/mol. The fourth-order valence-corrected chi connectivity index (χ4v) is 0.941. The second-order valence-corrected chi connectivity index (χ2v) is 2.75. The van der Waals surface area contributed by atoms with Crippen molar-refractivity contribution in [3.63, 3.8) is 0 Å². The highest BCUT2D eigenvalue weighted by atomic mass is 35.5. The van der Waals surface area contributed by atoms with Crippen LogP contribution in [-0.4, -0.2) is 12.4 Å². The van der Waals surface area contributed by atoms with Crippen LogP contribution in [0.4, 0.5) is 0 Å². The van der Waals surface area contributed by atoms with Crippen molar-refractivity contribution in [3.05, 3.63) is 29.3 Å². The number of hydrogen-bond donors (Lipinski definition) is 2. The lowest BCUT2D eigenvalue weighted by molar-refractivity contribution is 0.375. The van der Waals surface area contributed by atoms with E-state index >= 15 is 0 Å². The number of hydrazone groups is 1. The standard InChI is InChI=1S/C8H10ClN3O/c9-6-3-1-2-4-7(6)13-5-8(10)12-11/h1-4H,5,11H2,(H2,10,12). The van der Waals surface area contributed by atoms with Gasteiger partial charge in [-0.05, 0) is 12.1 Å². The van der Waals surface area contributed by atoms with E-state index in [9.17, 15) is 0 Å². The first-order chi connectivity index (χ1) is 6.24. The van der Waals surface area contributed by atoms with Crippen molar-refractivity contribution in [1.29, 1.82) is 0 Å². The van der Waals surface area contributed by atoms with Gasteiger partial charge in [0.2, 0.25) is 0 Å². The molecular formula is C8H10ClN3O. The van der Waals surface area contributed by atoms with E-state index in [0.717, 1.165) is 0 Å². The van der Waals surface area contributed by atoms with E-state index in [1.165, 1.54) is 0 Å². The molecule has 0 spiro atoms. The number of nitrogens with zero attached hydrogens (tertiary/aromatic N) is 1. The Morgan fingerprint density at radius 2 is 2.15 bits per heavy atom. The van der Waals surface area contributed by atoms with Crippen LogP contribution in [0.1, 0.15) is 0 Å². The number of benzene rings is 1. The molecule has 0 radical (unpaired) electrons. The Labute approximate surface area is 81.1 Å². The summed E-state index contributed by atoms with van der Waals surface area (Å²) in [6.07, 6.45) is 0. The van der Waals surface area contributed by atoms with Gasteiger partial charge in [0.05, 0.1) is 5.02 Å². The molecule has 0 aromatic heterocycles. The first-order valence-corrected chi connectivity index (χ1v) is 4.01. The molecule has 0 saturated heterocycles. The largest absolute Gasteiger partial charge is 0.484 e. The van der Waals surface area contributed by atoms with Crippen molar-refractivity contribution in [2.24, 2.45) is 16.7 Å². The molecule has 0 aliphatic rings. The summed E-state index contributed by atoms with van der Waals surface area (Å²) in [6, 6.07) is 7.10. The zero-order valence-electron chi connectivity index (χ0n) is 6.90. The van der Waals surface area contributed by atoms with Crippen molar-refractivity contribution in [3.8, 4) is 5.75 Å². The molecule has 0 aliphatic heterocycles. The molecule has 0 unspecified atom stereocenters. The monoisotopic (exact) mass is 199 g/mol. The van der Waals surface area contributed by atoms with E-state index in [2.05, 4.69) is 5.10 Å². The number of nitrogens with two attached hydrogens (primary N) is 2. The molecule has 0 fully saturated rings. The summed E-state index contributed by atoms with van der Waals surface area (Å²) >= 11 is 5.81. The van der Waals surface area contributed by atoms with E-state index in [0.29, 0.717) is 10.8 Å². The van der Waals surface area contributed by atoms with Crippen LogP contribution < -0.4 is 16.3 Å². The quantitative estimate of drug-likeness (QED) is 0.330. The lowest BCUT2D eigenvalue weighted by Gasteiger charge is -2.05. The predicted octanol–water partition coefficient (Wildman–Crippen LogP) is 0.950. The fourth-order valence-electron chi connectivity index (χ4n) is 0.751. The lowest BCUT2D eigenvalue weighted by Crippen LogP contribution is -2.22. The topological polar surface area (TPSA) is 73.6 Å². The Bertz CT molecular complexity index is 314. The first kappa shape index (κ1) is 9.67. The molecular weight excluding hydrogens is 190 g/mol. The highest BCUT2D eigenvalue weighted by Crippen LogP contribution is 2.22. The van der Waals surface area contributed by atoms with Gasteiger partial charge in [0.15, 0.2) is 5.84 Å². The molecule has 4 N–H and O–H groups in total. The normalized spacial score (nSPS) is 11.3. The third kappa shape index (κ3) is 2.83. The molecule has 0 atom stereocenters. The van der Waals surface area contributed by atoms with Crippen LogP contribution in [0.3, 0.4) is 0 Å². The highest BCUT2D eigenvalue weighted by molar-refractivity contribution is 6.32. The Morgan fingerprint density at radius 1 is 1.46 bits per heavy atom. The minimum atomic E-state index is 0.139. The number of halogens is 1. The van der Waals surface area contributed by atoms with Crippen LogP contribution in [0, 0.1) is 0 Å². The zero-order chi connectivity index (χ0) is 9.68. The van der Waals surface area contributed by atoms with Crippen molar-refractivity contribution in [1.82, 2.24) is 0 Å². The molecule has 1 aromatic rings. The van der Waals surface area contributed by atoms with Gasteiger partial charge < -0.3 is 16.3 Å². The van der Waals surface area contributed by atoms with Crippen molar-refractivity contribution in [2.45, 2.75) is 0 Å². The molecule has 5 heteroatoms. The molecule has 1 aromatic carbocycles. The van der Waals surface area contributed by atoms with Crippen LogP contribution in [0.2, 0.25) is 5.02 Å². The van der Waals surface area contributed by atoms with Gasteiger partial charge in [0.25, 0.3) is 0 Å². The van der Waals surface area contributed by atoms with Crippen molar-refractivity contribution in [2.75, 3.05) is 6.61 Å². The highest BCUT2D eigenvalue weighted by Gasteiger charge is 1.99. The Hall–Kier alpha value is -1.42. The van der Waals surface area contributed by atoms with Crippen LogP contribution >= 0.6 is 11.6 Å². The number of hydrogen-bond acceptors (Lipinski definition) is 3. The number of amidine groups is 1. The van der Waals surface area contributed by atoms with Crippen LogP contribution in [0.15, 0.2) is 29.4 Å². The molecule has 0 bridgehead atoms. The number of rotatable bonds is 3. The van der Waals surface area contributed by atoms with Gasteiger partial charge >= 0.3 is 0 Å². The fraction of sp³-hybridized carbons (Fsp3) is 0.125. The molecule has 13 heavy (non-hydrogen) atoms. The van der Waals surface area contributed by atoms with Crippen LogP contribution in [-0.2, 0) is 0 Å². The molecule has 0 heterocycles. The van der Waals surface area contributed by atoms with E-state index in [1.807, 2.05) is 12.1 Å². The van der Waals surface area contributed by atoms with E-state index in [4.69, 9.17) is 27.9 Å². The smallest absolute Gasteiger partial charge is 0.157 e. The minimum absolute atomic E-state index is 0.139. The van der Waals surface area contributed by atoms with Crippen LogP contribution in [0.5, 0.6) is 5.75 Å². The SMILES string of the molecule is N/N=C(\N)COc1ccccc1Cl. The lowest BCUT2D eigenvalue weighted by atomic mass is 10.3. The van der Waals surface area contributed by atoms with Crippen molar-refractivity contribution < 1.29 is 4.74 Å². The van der Waals surface area contributed by atoms with Gasteiger partial charge in [-0.2, -0.15) is 5.10 Å². The molecule has 0 amide bonds. The summed E-state index contributed by atoms with van der Waals surface area (Å²) in [5.41, 5.74) is 5.33. The van der Waals surface area contributed by atoms with E-state index < -0.39 is 0 Å². The summed E-state index contributed by atoms with van der Waals surface area (Å²) in [7, 11) is 0. The van der Waals surface area contributed by atoms with E-state index in [1.54, 1.807) is 12.1 Å². The van der Waals surface area contributed by atoms with Gasteiger partial charge in [-0.15, -0.1) is 0 Å². The maximum Gasteiger partial charge on any atom is 0.157 e. The summed E-state index contributed by atoms with van der Waals surface area (Å²) in [4.78, 5) is 0. The third-order valence-electron chi connectivity index (χ3n) is 1.38. The minimum Gasteiger partial charge on any atom is -0.484 e. The molecule has 0 aliphatic carbocycles. The second kappa shape index (κ2) is 4.57. The number of ether oxygens (including phenoxy) is 1. The van der Waals surface area contributed by atoms with Gasteiger partial charge in [-0.25, -0.2) is 0 Å². The van der Waals surface area contributed by atoms with Gasteiger partial charge in [0.1, 0.15) is 12.4 Å². The maximum atomic E-state index is 5.81. The molecule has 1 rings (SSSR count). The third-order valence-corrected chi connectivity index (χ3v) is 1.69. The Morgan fingerprint density at radius 3 is 2.77 bits per heavy atom. The Balaban J connectivity index is 2.60. The first-order valence-electron chi connectivity index (χ1n) is 3.63.